The van der Waals surface area contributed by atoms with Crippen LogP contribution in [0.5, 0.6) is 0 Å². The second-order valence-corrected chi connectivity index (χ2v) is 5.36. The number of hydrazine groups is 1. The molecule has 0 aliphatic carbocycles. The predicted molar refractivity (Wildman–Crippen MR) is 79.5 cm³/mol. The number of anilines is 1. The van der Waals surface area contributed by atoms with Gasteiger partial charge in [0.25, 0.3) is 5.91 Å². The van der Waals surface area contributed by atoms with Crippen LogP contribution in [0.2, 0.25) is 0 Å². The topological polar surface area (TPSA) is 67.6 Å². The van der Waals surface area contributed by atoms with Gasteiger partial charge in [-0.05, 0) is 32.4 Å². The van der Waals surface area contributed by atoms with Gasteiger partial charge in [0.2, 0.25) is 0 Å². The maximum absolute atomic E-state index is 12.8. The number of ether oxygens (including phenoxy) is 1. The zero-order valence-electron chi connectivity index (χ0n) is 12.3. The average molecular weight is 277 g/mol. The smallest absolute Gasteiger partial charge is 0.256 e. The lowest BCUT2D eigenvalue weighted by atomic mass is 10.0. The standard InChI is InChI=1S/C15H23N3O2/c1-4-12-9-20-11(3)8-18(12)15(19)13-7-10(2)5-6-14(13)17-16/h5-7,11-12,17H,4,8-9,16H2,1-3H3. The Balaban J connectivity index is 2.31. The maximum atomic E-state index is 12.8. The molecule has 0 aromatic heterocycles. The summed E-state index contributed by atoms with van der Waals surface area (Å²) in [4.78, 5) is 14.7. The van der Waals surface area contributed by atoms with Crippen LogP contribution in [0.1, 0.15) is 36.2 Å². The number of amides is 1. The van der Waals surface area contributed by atoms with Crippen molar-refractivity contribution in [2.45, 2.75) is 39.3 Å². The van der Waals surface area contributed by atoms with E-state index in [2.05, 4.69) is 12.3 Å². The number of carbonyl (C=O) groups is 1. The van der Waals surface area contributed by atoms with E-state index in [0.717, 1.165) is 12.0 Å². The van der Waals surface area contributed by atoms with Crippen LogP contribution < -0.4 is 11.3 Å². The van der Waals surface area contributed by atoms with E-state index in [0.29, 0.717) is 24.4 Å². The highest BCUT2D eigenvalue weighted by Gasteiger charge is 2.31. The molecule has 110 valence electrons. The molecule has 1 aromatic carbocycles. The number of hydrogen-bond donors (Lipinski definition) is 2. The molecule has 1 heterocycles. The Bertz CT molecular complexity index is 490. The molecule has 0 bridgehead atoms. The second kappa shape index (κ2) is 6.24. The van der Waals surface area contributed by atoms with Gasteiger partial charge in [0.05, 0.1) is 30.0 Å². The number of carbonyl (C=O) groups excluding carboxylic acids is 1. The minimum Gasteiger partial charge on any atom is -0.375 e. The first-order valence-corrected chi connectivity index (χ1v) is 7.06. The van der Waals surface area contributed by atoms with E-state index in [1.54, 1.807) is 0 Å². The average Bonchev–Trinajstić information content (AvgIpc) is 2.46. The quantitative estimate of drug-likeness (QED) is 0.654. The van der Waals surface area contributed by atoms with E-state index in [1.807, 2.05) is 36.9 Å². The molecule has 1 aromatic rings. The van der Waals surface area contributed by atoms with Gasteiger partial charge >= 0.3 is 0 Å². The highest BCUT2D eigenvalue weighted by molar-refractivity contribution is 6.00. The van der Waals surface area contributed by atoms with E-state index in [4.69, 9.17) is 10.6 Å². The van der Waals surface area contributed by atoms with Crippen molar-refractivity contribution in [1.29, 1.82) is 0 Å². The third-order valence-electron chi connectivity index (χ3n) is 3.76. The zero-order chi connectivity index (χ0) is 14.7. The summed E-state index contributed by atoms with van der Waals surface area (Å²) in [6, 6.07) is 5.79. The molecule has 2 unspecified atom stereocenters. The van der Waals surface area contributed by atoms with Gasteiger partial charge in [0.1, 0.15) is 0 Å². The summed E-state index contributed by atoms with van der Waals surface area (Å²) in [5.41, 5.74) is 4.94. The summed E-state index contributed by atoms with van der Waals surface area (Å²) in [5.74, 6) is 5.53. The lowest BCUT2D eigenvalue weighted by Crippen LogP contribution is -2.51. The van der Waals surface area contributed by atoms with Crippen LogP contribution >= 0.6 is 0 Å². The van der Waals surface area contributed by atoms with Crippen molar-refractivity contribution < 1.29 is 9.53 Å². The Morgan fingerprint density at radius 1 is 1.55 bits per heavy atom. The molecule has 0 radical (unpaired) electrons. The van der Waals surface area contributed by atoms with Gasteiger partial charge < -0.3 is 15.1 Å². The van der Waals surface area contributed by atoms with E-state index in [9.17, 15) is 4.79 Å². The fourth-order valence-electron chi connectivity index (χ4n) is 2.55. The van der Waals surface area contributed by atoms with Gasteiger partial charge in [0, 0.05) is 6.54 Å². The first-order chi connectivity index (χ1) is 9.56. The molecule has 20 heavy (non-hydrogen) atoms. The van der Waals surface area contributed by atoms with Gasteiger partial charge in [-0.25, -0.2) is 0 Å². The molecule has 5 heteroatoms. The van der Waals surface area contributed by atoms with Crippen LogP contribution in [0.4, 0.5) is 5.69 Å². The highest BCUT2D eigenvalue weighted by Crippen LogP contribution is 2.23. The van der Waals surface area contributed by atoms with Crippen molar-refractivity contribution in [3.63, 3.8) is 0 Å². The van der Waals surface area contributed by atoms with Crippen LogP contribution in [0.15, 0.2) is 18.2 Å². The predicted octanol–water partition coefficient (Wildman–Crippen LogP) is 1.92. The molecule has 1 aliphatic rings. The van der Waals surface area contributed by atoms with Gasteiger partial charge in [-0.2, -0.15) is 0 Å². The van der Waals surface area contributed by atoms with Crippen LogP contribution in [0, 0.1) is 6.92 Å². The van der Waals surface area contributed by atoms with Crippen molar-refractivity contribution >= 4 is 11.6 Å². The summed E-state index contributed by atoms with van der Waals surface area (Å²) in [6.07, 6.45) is 0.955. The Morgan fingerprint density at radius 2 is 2.30 bits per heavy atom. The normalized spacial score (nSPS) is 22.7. The number of nitrogens with one attached hydrogen (secondary N) is 1. The van der Waals surface area contributed by atoms with E-state index >= 15 is 0 Å². The maximum Gasteiger partial charge on any atom is 0.256 e. The number of aryl methyl sites for hydroxylation is 1. The molecule has 1 aliphatic heterocycles. The largest absolute Gasteiger partial charge is 0.375 e. The summed E-state index contributed by atoms with van der Waals surface area (Å²) in [7, 11) is 0. The molecule has 0 saturated carbocycles. The molecule has 1 amide bonds. The van der Waals surface area contributed by atoms with Crippen molar-refractivity contribution in [2.75, 3.05) is 18.6 Å². The number of hydrogen-bond acceptors (Lipinski definition) is 4. The van der Waals surface area contributed by atoms with Crippen molar-refractivity contribution in [1.82, 2.24) is 4.90 Å². The lowest BCUT2D eigenvalue weighted by molar-refractivity contribution is -0.0443. The summed E-state index contributed by atoms with van der Waals surface area (Å²) < 4.78 is 5.64. The summed E-state index contributed by atoms with van der Waals surface area (Å²) in [5, 5.41) is 0. The Labute approximate surface area is 120 Å². The molecule has 1 saturated heterocycles. The van der Waals surface area contributed by atoms with Gasteiger partial charge in [-0.3, -0.25) is 10.6 Å². The lowest BCUT2D eigenvalue weighted by Gasteiger charge is -2.38. The van der Waals surface area contributed by atoms with E-state index in [-0.39, 0.29) is 18.1 Å². The van der Waals surface area contributed by atoms with E-state index < -0.39 is 0 Å². The fourth-order valence-corrected chi connectivity index (χ4v) is 2.55. The number of benzene rings is 1. The van der Waals surface area contributed by atoms with Crippen LogP contribution in [-0.2, 0) is 4.74 Å². The number of rotatable bonds is 3. The van der Waals surface area contributed by atoms with Gasteiger partial charge in [-0.1, -0.05) is 18.6 Å². The minimum atomic E-state index is 0.0173. The zero-order valence-corrected chi connectivity index (χ0v) is 12.3. The molecule has 5 nitrogen and oxygen atoms in total. The van der Waals surface area contributed by atoms with Crippen molar-refractivity contribution in [2.24, 2.45) is 5.84 Å². The van der Waals surface area contributed by atoms with Gasteiger partial charge in [-0.15, -0.1) is 0 Å². The van der Waals surface area contributed by atoms with Crippen molar-refractivity contribution in [3.05, 3.63) is 29.3 Å². The summed E-state index contributed by atoms with van der Waals surface area (Å²) in [6.45, 7) is 7.25. The Kier molecular flexibility index (Phi) is 4.62. The number of nitrogens with two attached hydrogens (primary N) is 1. The van der Waals surface area contributed by atoms with Crippen molar-refractivity contribution in [3.8, 4) is 0 Å². The molecule has 3 N–H and O–H groups in total. The number of nitrogens with zero attached hydrogens (tertiary/aromatic N) is 1. The van der Waals surface area contributed by atoms with Crippen LogP contribution in [-0.4, -0.2) is 36.1 Å². The monoisotopic (exact) mass is 277 g/mol. The van der Waals surface area contributed by atoms with Crippen LogP contribution in [0.3, 0.4) is 0 Å². The molecule has 2 rings (SSSR count). The van der Waals surface area contributed by atoms with E-state index in [1.165, 1.54) is 0 Å². The fraction of sp³-hybridized carbons (Fsp3) is 0.533. The Hall–Kier alpha value is -1.59. The third-order valence-corrected chi connectivity index (χ3v) is 3.76. The molecule has 0 spiro atoms. The molecule has 2 atom stereocenters. The number of morpholine rings is 1. The first kappa shape index (κ1) is 14.8. The molecular formula is C15H23N3O2. The number of nitrogen functional groups attached to an aromatic ring is 1. The van der Waals surface area contributed by atoms with Crippen LogP contribution in [0.25, 0.3) is 0 Å². The minimum absolute atomic E-state index is 0.0173. The Morgan fingerprint density at radius 3 is 2.95 bits per heavy atom. The molecule has 1 fully saturated rings. The summed E-state index contributed by atoms with van der Waals surface area (Å²) >= 11 is 0. The first-order valence-electron chi connectivity index (χ1n) is 7.06. The molecular weight excluding hydrogens is 254 g/mol. The van der Waals surface area contributed by atoms with Gasteiger partial charge in [0.15, 0.2) is 0 Å². The highest BCUT2D eigenvalue weighted by atomic mass is 16.5. The third kappa shape index (κ3) is 2.94. The second-order valence-electron chi connectivity index (χ2n) is 5.36. The SMILES string of the molecule is CCC1COC(C)CN1C(=O)c1cc(C)ccc1NN.